The van der Waals surface area contributed by atoms with Crippen LogP contribution in [0.15, 0.2) is 59.1 Å². The van der Waals surface area contributed by atoms with Gasteiger partial charge in [0, 0.05) is 17.4 Å². The van der Waals surface area contributed by atoms with Gasteiger partial charge in [-0.25, -0.2) is 0 Å². The van der Waals surface area contributed by atoms with E-state index in [0.29, 0.717) is 18.3 Å². The summed E-state index contributed by atoms with van der Waals surface area (Å²) in [5.74, 6) is 1.16. The molecule has 1 aliphatic rings. The average molecular weight is 456 g/mol. The van der Waals surface area contributed by atoms with Crippen LogP contribution in [0.5, 0.6) is 0 Å². The molecule has 1 aromatic heterocycles. The average Bonchev–Trinajstić information content (AvgIpc) is 3.22. The van der Waals surface area contributed by atoms with Crippen molar-refractivity contribution in [2.75, 3.05) is 0 Å². The standard InChI is InChI=1S/C13H14O.C10H11NO.2C2H6.3CH4/c1-9(2)10-7-8-13(14)12-6-4-3-5-11(10)12;1-7(2)10-8-5-3-4-6-9(8)12-11-10;2*1-2;;;/h3-7,9H,8H2,1-2H3;3-7H,1-2H3;2*1-2H3;3*1H4. The van der Waals surface area contributed by atoms with E-state index in [1.54, 1.807) is 0 Å². The maximum atomic E-state index is 11.6. The van der Waals surface area contributed by atoms with E-state index < -0.39 is 0 Å². The van der Waals surface area contributed by atoms with E-state index in [2.05, 4.69) is 38.9 Å². The molecule has 3 nitrogen and oxygen atoms in total. The molecule has 0 fully saturated rings. The van der Waals surface area contributed by atoms with Gasteiger partial charge in [0.1, 0.15) is 0 Å². The van der Waals surface area contributed by atoms with Crippen LogP contribution in [0.4, 0.5) is 0 Å². The minimum absolute atomic E-state index is 0. The largest absolute Gasteiger partial charge is 0.356 e. The van der Waals surface area contributed by atoms with Crippen molar-refractivity contribution in [1.29, 1.82) is 0 Å². The van der Waals surface area contributed by atoms with E-state index in [-0.39, 0.29) is 28.1 Å². The Labute approximate surface area is 204 Å². The topological polar surface area (TPSA) is 43.1 Å². The fourth-order valence-electron chi connectivity index (χ4n) is 3.27. The van der Waals surface area contributed by atoms with Crippen LogP contribution < -0.4 is 0 Å². The molecule has 0 atom stereocenters. The summed E-state index contributed by atoms with van der Waals surface area (Å²) in [6.45, 7) is 16.6. The van der Waals surface area contributed by atoms with Crippen LogP contribution in [-0.4, -0.2) is 10.9 Å². The van der Waals surface area contributed by atoms with Crippen LogP contribution in [0, 0.1) is 5.92 Å². The van der Waals surface area contributed by atoms with E-state index in [1.807, 2.05) is 76.2 Å². The van der Waals surface area contributed by atoms with Gasteiger partial charge in [0.25, 0.3) is 0 Å². The third-order valence-electron chi connectivity index (χ3n) is 4.62. The summed E-state index contributed by atoms with van der Waals surface area (Å²) in [6.07, 6.45) is 2.62. The smallest absolute Gasteiger partial charge is 0.167 e. The highest BCUT2D eigenvalue weighted by molar-refractivity contribution is 6.04. The Bertz CT molecular complexity index is 949. The molecule has 1 heterocycles. The third-order valence-corrected chi connectivity index (χ3v) is 4.62. The summed E-state index contributed by atoms with van der Waals surface area (Å²) < 4.78 is 5.16. The maximum Gasteiger partial charge on any atom is 0.167 e. The molecule has 0 N–H and O–H groups in total. The highest BCUT2D eigenvalue weighted by Gasteiger charge is 2.19. The first-order chi connectivity index (χ1) is 14.5. The Morgan fingerprint density at radius 1 is 0.758 bits per heavy atom. The first-order valence-electron chi connectivity index (χ1n) is 11.2. The van der Waals surface area contributed by atoms with Crippen molar-refractivity contribution in [1.82, 2.24) is 5.16 Å². The molecule has 0 unspecified atom stereocenters. The molecule has 0 saturated carbocycles. The maximum absolute atomic E-state index is 11.6. The predicted molar refractivity (Wildman–Crippen MR) is 149 cm³/mol. The van der Waals surface area contributed by atoms with Crippen molar-refractivity contribution < 1.29 is 9.32 Å². The van der Waals surface area contributed by atoms with Gasteiger partial charge in [-0.1, -0.05) is 125 Å². The van der Waals surface area contributed by atoms with Gasteiger partial charge in [-0.15, -0.1) is 0 Å². The molecule has 4 rings (SSSR count). The summed E-state index contributed by atoms with van der Waals surface area (Å²) in [4.78, 5) is 11.6. The lowest BCUT2D eigenvalue weighted by Crippen LogP contribution is -2.10. The summed E-state index contributed by atoms with van der Waals surface area (Å²) >= 11 is 0. The van der Waals surface area contributed by atoms with Crippen LogP contribution in [0.3, 0.4) is 0 Å². The highest BCUT2D eigenvalue weighted by atomic mass is 16.5. The van der Waals surface area contributed by atoms with Gasteiger partial charge in [-0.3, -0.25) is 4.79 Å². The van der Waals surface area contributed by atoms with Crippen LogP contribution in [-0.2, 0) is 0 Å². The molecule has 3 heteroatoms. The number of rotatable bonds is 2. The summed E-state index contributed by atoms with van der Waals surface area (Å²) in [6, 6.07) is 15.8. The van der Waals surface area contributed by atoms with Crippen LogP contribution in [0.2, 0.25) is 0 Å². The molecule has 2 aromatic carbocycles. The van der Waals surface area contributed by atoms with Gasteiger partial charge < -0.3 is 4.52 Å². The van der Waals surface area contributed by atoms with E-state index in [0.717, 1.165) is 27.8 Å². The van der Waals surface area contributed by atoms with Crippen molar-refractivity contribution in [2.45, 2.75) is 90.0 Å². The van der Waals surface area contributed by atoms with Crippen molar-refractivity contribution >= 4 is 22.3 Å². The monoisotopic (exact) mass is 455 g/mol. The second-order valence-corrected chi connectivity index (χ2v) is 7.21. The summed E-state index contributed by atoms with van der Waals surface area (Å²) in [5, 5.41) is 5.15. The molecule has 33 heavy (non-hydrogen) atoms. The number of hydrogen-bond donors (Lipinski definition) is 0. The first kappa shape index (κ1) is 34.9. The number of aromatic nitrogens is 1. The Balaban J connectivity index is -0.000000442. The van der Waals surface area contributed by atoms with E-state index in [4.69, 9.17) is 4.52 Å². The van der Waals surface area contributed by atoms with Crippen LogP contribution in [0.25, 0.3) is 16.5 Å². The van der Waals surface area contributed by atoms with Gasteiger partial charge in [0.15, 0.2) is 11.4 Å². The van der Waals surface area contributed by atoms with Gasteiger partial charge >= 0.3 is 0 Å². The number of fused-ring (bicyclic) bond motifs is 2. The number of para-hydroxylation sites is 1. The number of Topliss-reactive ketones (excluding diaryl/α,β-unsaturated/α-hetero) is 1. The van der Waals surface area contributed by atoms with Gasteiger partial charge in [-0.05, 0) is 35.1 Å². The molecule has 1 aliphatic carbocycles. The predicted octanol–water partition coefficient (Wildman–Crippen LogP) is 10.2. The molecule has 0 radical (unpaired) electrons. The first-order valence-corrected chi connectivity index (χ1v) is 11.2. The minimum Gasteiger partial charge on any atom is -0.356 e. The van der Waals surface area contributed by atoms with Gasteiger partial charge in [0.2, 0.25) is 0 Å². The zero-order valence-electron chi connectivity index (χ0n) is 19.8. The second kappa shape index (κ2) is 17.8. The Morgan fingerprint density at radius 3 is 1.82 bits per heavy atom. The number of carbonyl (C=O) groups excluding carboxylic acids is 1. The third kappa shape index (κ3) is 9.00. The van der Waals surface area contributed by atoms with E-state index in [9.17, 15) is 4.79 Å². The molecule has 0 saturated heterocycles. The normalized spacial score (nSPS) is 11.0. The van der Waals surface area contributed by atoms with Crippen molar-refractivity contribution in [3.8, 4) is 0 Å². The second-order valence-electron chi connectivity index (χ2n) is 7.21. The number of benzene rings is 2. The highest BCUT2D eigenvalue weighted by Crippen LogP contribution is 2.31. The zero-order valence-corrected chi connectivity index (χ0v) is 19.8. The van der Waals surface area contributed by atoms with Crippen LogP contribution >= 0.6 is 0 Å². The van der Waals surface area contributed by atoms with Gasteiger partial charge in [0.05, 0.1) is 5.69 Å². The molecule has 0 aliphatic heterocycles. The number of hydrogen-bond acceptors (Lipinski definition) is 3. The van der Waals surface area contributed by atoms with Gasteiger partial charge in [-0.2, -0.15) is 0 Å². The lowest BCUT2D eigenvalue weighted by Gasteiger charge is -2.19. The van der Waals surface area contributed by atoms with E-state index in [1.165, 1.54) is 5.57 Å². The fraction of sp³-hybridized carbons (Fsp3) is 0.467. The van der Waals surface area contributed by atoms with Crippen molar-refractivity contribution in [2.24, 2.45) is 5.92 Å². The lowest BCUT2D eigenvalue weighted by atomic mass is 9.85. The summed E-state index contributed by atoms with van der Waals surface area (Å²) in [7, 11) is 0. The molecule has 0 spiro atoms. The number of ketones is 1. The molecule has 3 aromatic rings. The Morgan fingerprint density at radius 2 is 1.27 bits per heavy atom. The SMILES string of the molecule is C.C.C.CC.CC.CC(C)C1=CCC(=O)c2ccccc21.CC(C)c1noc2ccccc12. The lowest BCUT2D eigenvalue weighted by molar-refractivity contribution is 0.0994. The number of nitrogens with zero attached hydrogens (tertiary/aromatic N) is 1. The molecule has 0 bridgehead atoms. The zero-order chi connectivity index (χ0) is 22.7. The number of allylic oxidation sites excluding steroid dienone is 2. The number of carbonyl (C=O) groups is 1. The van der Waals surface area contributed by atoms with Crippen molar-refractivity contribution in [3.63, 3.8) is 0 Å². The van der Waals surface area contributed by atoms with Crippen LogP contribution in [0.1, 0.15) is 112 Å². The minimum atomic E-state index is 0. The van der Waals surface area contributed by atoms with Crippen molar-refractivity contribution in [3.05, 3.63) is 71.4 Å². The molecular weight excluding hydrogens is 406 g/mol. The molecular formula is C30H49NO2. The molecule has 0 amide bonds. The quantitative estimate of drug-likeness (QED) is 0.386. The van der Waals surface area contributed by atoms with E-state index >= 15 is 0 Å². The Hall–Kier alpha value is -2.68. The Kier molecular flexibility index (Phi) is 18.9. The fourth-order valence-corrected chi connectivity index (χ4v) is 3.27. The molecule has 186 valence electrons. The summed E-state index contributed by atoms with van der Waals surface area (Å²) in [5.41, 5.74) is 5.24.